The first-order valence-electron chi connectivity index (χ1n) is 4.00. The summed E-state index contributed by atoms with van der Waals surface area (Å²) in [6.45, 7) is 2.29. The molecule has 2 rings (SSSR count). The maximum Gasteiger partial charge on any atom is 0.168 e. The molecule has 12 heavy (non-hydrogen) atoms. The minimum absolute atomic E-state index is 0.452. The summed E-state index contributed by atoms with van der Waals surface area (Å²) < 4.78 is -0.559. The van der Waals surface area contributed by atoms with E-state index in [1.807, 2.05) is 31.2 Å². The van der Waals surface area contributed by atoms with Gasteiger partial charge in [-0.15, -0.1) is 0 Å². The predicted molar refractivity (Wildman–Crippen MR) is 49.7 cm³/mol. The molecule has 0 radical (unpaired) electrons. The zero-order valence-electron chi connectivity index (χ0n) is 6.90. The number of benzene rings is 1. The lowest BCUT2D eigenvalue weighted by molar-refractivity contribution is 0.423. The molecule has 1 unspecified atom stereocenters. The highest BCUT2D eigenvalue weighted by atomic mass is 16.6. The Hall–Kier alpha value is -1.19. The van der Waals surface area contributed by atoms with Crippen molar-refractivity contribution in [3.05, 3.63) is 35.0 Å². The molecule has 0 saturated heterocycles. The summed E-state index contributed by atoms with van der Waals surface area (Å²) in [4.78, 5) is 0. The van der Waals surface area contributed by atoms with Crippen LogP contribution in [-0.4, -0.2) is 12.8 Å². The van der Waals surface area contributed by atoms with Gasteiger partial charge in [-0.2, -0.15) is 4.76 Å². The van der Waals surface area contributed by atoms with Gasteiger partial charge in [0.25, 0.3) is 0 Å². The summed E-state index contributed by atoms with van der Waals surface area (Å²) >= 11 is 0. The van der Waals surface area contributed by atoms with Gasteiger partial charge in [0.1, 0.15) is 6.54 Å². The van der Waals surface area contributed by atoms with Gasteiger partial charge < -0.3 is 5.21 Å². The highest BCUT2D eigenvalue weighted by Gasteiger charge is 2.25. The van der Waals surface area contributed by atoms with Gasteiger partial charge in [0.05, 0.1) is 11.8 Å². The van der Waals surface area contributed by atoms with Crippen molar-refractivity contribution in [3.8, 4) is 0 Å². The Morgan fingerprint density at radius 3 is 2.92 bits per heavy atom. The zero-order chi connectivity index (χ0) is 8.60. The molecule has 1 heterocycles. The van der Waals surface area contributed by atoms with Crippen molar-refractivity contribution in [1.82, 2.24) is 4.76 Å². The molecule has 1 aromatic rings. The van der Waals surface area contributed by atoms with Crippen LogP contribution in [0.2, 0.25) is 0 Å². The van der Waals surface area contributed by atoms with Gasteiger partial charge in [0.15, 0.2) is 5.69 Å². The molecular formula is C9H10N2O. The van der Waals surface area contributed by atoms with Crippen molar-refractivity contribution < 1.29 is 0 Å². The van der Waals surface area contributed by atoms with Crippen LogP contribution in [0.15, 0.2) is 29.4 Å². The van der Waals surface area contributed by atoms with Gasteiger partial charge in [0, 0.05) is 6.07 Å². The number of hydroxylamine groups is 1. The SMILES string of the molecule is CC[N+]1([O-])N=Cc2ccccc21. The van der Waals surface area contributed by atoms with E-state index < -0.39 is 4.76 Å². The van der Waals surface area contributed by atoms with Crippen molar-refractivity contribution >= 4 is 11.9 Å². The molecule has 0 bridgehead atoms. The number of hydrogen-bond acceptors (Lipinski definition) is 2. The molecule has 0 aromatic heterocycles. The summed E-state index contributed by atoms with van der Waals surface area (Å²) in [6.07, 6.45) is 1.64. The first kappa shape index (κ1) is 7.46. The maximum absolute atomic E-state index is 11.8. The standard InChI is InChI=1S/C9H10N2O/c1-2-11(12)9-6-4-3-5-8(9)7-10-11/h3-7H,2H2,1H3. The summed E-state index contributed by atoms with van der Waals surface area (Å²) in [6, 6.07) is 7.52. The van der Waals surface area contributed by atoms with Crippen molar-refractivity contribution in [1.29, 1.82) is 0 Å². The van der Waals surface area contributed by atoms with Gasteiger partial charge in [-0.1, -0.05) is 17.2 Å². The molecule has 0 spiro atoms. The second-order valence-electron chi connectivity index (χ2n) is 2.82. The maximum atomic E-state index is 11.8. The lowest BCUT2D eigenvalue weighted by Gasteiger charge is -2.30. The van der Waals surface area contributed by atoms with Gasteiger partial charge >= 0.3 is 0 Å². The predicted octanol–water partition coefficient (Wildman–Crippen LogP) is 1.86. The topological polar surface area (TPSA) is 35.4 Å². The Morgan fingerprint density at radius 1 is 1.42 bits per heavy atom. The molecule has 1 aromatic carbocycles. The number of hydrogen-bond donors (Lipinski definition) is 0. The molecule has 1 atom stereocenters. The molecule has 3 nitrogen and oxygen atoms in total. The van der Waals surface area contributed by atoms with Crippen molar-refractivity contribution in [2.24, 2.45) is 5.10 Å². The number of nitrogens with zero attached hydrogens (tertiary/aromatic N) is 2. The molecule has 3 heteroatoms. The van der Waals surface area contributed by atoms with E-state index in [1.54, 1.807) is 6.21 Å². The molecule has 0 saturated carbocycles. The fraction of sp³-hybridized carbons (Fsp3) is 0.222. The quantitative estimate of drug-likeness (QED) is 0.458. The Morgan fingerprint density at radius 2 is 2.17 bits per heavy atom. The molecular weight excluding hydrogens is 152 g/mol. The second kappa shape index (κ2) is 2.40. The van der Waals surface area contributed by atoms with Gasteiger partial charge in [-0.25, -0.2) is 0 Å². The van der Waals surface area contributed by atoms with E-state index in [-0.39, 0.29) is 0 Å². The van der Waals surface area contributed by atoms with E-state index in [0.29, 0.717) is 6.54 Å². The van der Waals surface area contributed by atoms with Crippen LogP contribution in [0.3, 0.4) is 0 Å². The number of rotatable bonds is 1. The Labute approximate surface area is 71.1 Å². The third-order valence-electron chi connectivity index (χ3n) is 2.13. The van der Waals surface area contributed by atoms with E-state index in [0.717, 1.165) is 11.3 Å². The number of fused-ring (bicyclic) bond motifs is 1. The molecule has 0 N–H and O–H groups in total. The van der Waals surface area contributed by atoms with Gasteiger partial charge in [0.2, 0.25) is 0 Å². The Kier molecular flexibility index (Phi) is 1.49. The van der Waals surface area contributed by atoms with E-state index in [9.17, 15) is 5.21 Å². The van der Waals surface area contributed by atoms with Crippen LogP contribution >= 0.6 is 0 Å². The van der Waals surface area contributed by atoms with E-state index in [2.05, 4.69) is 5.10 Å². The van der Waals surface area contributed by atoms with E-state index in [1.165, 1.54) is 0 Å². The summed E-state index contributed by atoms with van der Waals surface area (Å²) in [5, 5.41) is 15.7. The first-order valence-corrected chi connectivity index (χ1v) is 4.00. The second-order valence-corrected chi connectivity index (χ2v) is 2.82. The molecule has 1 aliphatic heterocycles. The number of quaternary nitrogens is 1. The smallest absolute Gasteiger partial charge is 0.168 e. The lowest BCUT2D eigenvalue weighted by Crippen LogP contribution is -2.34. The minimum atomic E-state index is -0.559. The molecule has 0 aliphatic carbocycles. The van der Waals surface area contributed by atoms with Crippen LogP contribution in [0.5, 0.6) is 0 Å². The largest absolute Gasteiger partial charge is 0.599 e. The highest BCUT2D eigenvalue weighted by Crippen LogP contribution is 2.30. The van der Waals surface area contributed by atoms with Crippen LogP contribution in [-0.2, 0) is 0 Å². The average Bonchev–Trinajstić information content (AvgIpc) is 2.46. The van der Waals surface area contributed by atoms with E-state index in [4.69, 9.17) is 0 Å². The third kappa shape index (κ3) is 0.873. The van der Waals surface area contributed by atoms with Crippen molar-refractivity contribution in [2.75, 3.05) is 6.54 Å². The fourth-order valence-corrected chi connectivity index (χ4v) is 1.38. The third-order valence-corrected chi connectivity index (χ3v) is 2.13. The monoisotopic (exact) mass is 162 g/mol. The summed E-state index contributed by atoms with van der Waals surface area (Å²) in [5.74, 6) is 0. The normalized spacial score (nSPS) is 25.8. The van der Waals surface area contributed by atoms with Crippen LogP contribution in [0.4, 0.5) is 5.69 Å². The van der Waals surface area contributed by atoms with Crippen LogP contribution in [0.1, 0.15) is 12.5 Å². The fourth-order valence-electron chi connectivity index (χ4n) is 1.38. The Balaban J connectivity index is 2.56. The Bertz CT molecular complexity index is 335. The number of para-hydroxylation sites is 1. The van der Waals surface area contributed by atoms with Crippen LogP contribution in [0, 0.1) is 5.21 Å². The first-order chi connectivity index (χ1) is 5.76. The summed E-state index contributed by atoms with van der Waals surface area (Å²) in [7, 11) is 0. The molecule has 1 aliphatic rings. The molecule has 62 valence electrons. The van der Waals surface area contributed by atoms with Crippen molar-refractivity contribution in [3.63, 3.8) is 0 Å². The minimum Gasteiger partial charge on any atom is -0.599 e. The average molecular weight is 162 g/mol. The molecule has 0 amide bonds. The van der Waals surface area contributed by atoms with Crippen LogP contribution in [0.25, 0.3) is 0 Å². The lowest BCUT2D eigenvalue weighted by atomic mass is 10.2. The highest BCUT2D eigenvalue weighted by molar-refractivity contribution is 5.91. The van der Waals surface area contributed by atoms with Gasteiger partial charge in [-0.05, 0) is 13.0 Å². The summed E-state index contributed by atoms with van der Waals surface area (Å²) in [5.41, 5.74) is 1.69. The van der Waals surface area contributed by atoms with Crippen molar-refractivity contribution in [2.45, 2.75) is 6.92 Å². The zero-order valence-corrected chi connectivity index (χ0v) is 6.90. The van der Waals surface area contributed by atoms with Gasteiger partial charge in [-0.3, -0.25) is 0 Å². The van der Waals surface area contributed by atoms with Crippen LogP contribution < -0.4 is 4.76 Å². The van der Waals surface area contributed by atoms with E-state index >= 15 is 0 Å². The molecule has 0 fully saturated rings.